The molecule has 0 atom stereocenters. The van der Waals surface area contributed by atoms with Crippen molar-refractivity contribution in [2.75, 3.05) is 0 Å². The minimum Gasteiger partial charge on any atom is -0.354 e. The van der Waals surface area contributed by atoms with Crippen molar-refractivity contribution in [1.82, 2.24) is 4.98 Å². The lowest BCUT2D eigenvalue weighted by Crippen LogP contribution is -1.80. The number of fused-ring (bicyclic) bond motifs is 1. The molecule has 0 unspecified atom stereocenters. The molecule has 0 radical (unpaired) electrons. The van der Waals surface area contributed by atoms with E-state index in [0.29, 0.717) is 0 Å². The van der Waals surface area contributed by atoms with Crippen LogP contribution in [0.15, 0.2) is 83.3 Å². The Kier molecular flexibility index (Phi) is 3.32. The topological polar surface area (TPSA) is 15.8 Å². The molecular weight excluding hydrogens is 334 g/mol. The Labute approximate surface area is 137 Å². The number of nitrogens with one attached hydrogen (secondary N) is 1. The Hall–Kier alpha value is -2.32. The third kappa shape index (κ3) is 2.46. The quantitative estimate of drug-likeness (QED) is 0.440. The maximum Gasteiger partial charge on any atom is 0.0470 e. The van der Waals surface area contributed by atoms with E-state index in [1.54, 1.807) is 0 Å². The van der Waals surface area contributed by atoms with E-state index in [4.69, 9.17) is 0 Å². The van der Waals surface area contributed by atoms with Crippen molar-refractivity contribution in [2.24, 2.45) is 0 Å². The summed E-state index contributed by atoms with van der Waals surface area (Å²) in [6.07, 6.45) is 0. The van der Waals surface area contributed by atoms with Gasteiger partial charge in [0.2, 0.25) is 0 Å². The van der Waals surface area contributed by atoms with Crippen molar-refractivity contribution < 1.29 is 0 Å². The predicted octanol–water partition coefficient (Wildman–Crippen LogP) is 6.26. The second-order valence-electron chi connectivity index (χ2n) is 5.36. The fourth-order valence-electron chi connectivity index (χ4n) is 2.73. The number of aromatic amines is 1. The average molecular weight is 348 g/mol. The molecule has 0 aliphatic rings. The van der Waals surface area contributed by atoms with E-state index < -0.39 is 0 Å². The highest BCUT2D eigenvalue weighted by molar-refractivity contribution is 9.10. The summed E-state index contributed by atoms with van der Waals surface area (Å²) in [6, 6.07) is 27.6. The molecule has 106 valence electrons. The van der Waals surface area contributed by atoms with E-state index >= 15 is 0 Å². The van der Waals surface area contributed by atoms with Gasteiger partial charge in [0.05, 0.1) is 0 Å². The van der Waals surface area contributed by atoms with Crippen LogP contribution < -0.4 is 0 Å². The SMILES string of the molecule is Brc1ccc2cc(-c3ccc(-c4ccccc4)cc3)[nH]c2c1. The maximum atomic E-state index is 3.51. The number of hydrogen-bond acceptors (Lipinski definition) is 0. The van der Waals surface area contributed by atoms with Crippen LogP contribution in [0, 0.1) is 0 Å². The Bertz CT molecular complexity index is 921. The maximum absolute atomic E-state index is 3.51. The molecule has 1 nitrogen and oxygen atoms in total. The molecule has 1 heterocycles. The van der Waals surface area contributed by atoms with Gasteiger partial charge < -0.3 is 4.98 Å². The number of halogens is 1. The van der Waals surface area contributed by atoms with E-state index in [-0.39, 0.29) is 0 Å². The zero-order valence-electron chi connectivity index (χ0n) is 11.9. The molecule has 3 aromatic carbocycles. The van der Waals surface area contributed by atoms with Gasteiger partial charge in [-0.1, -0.05) is 76.6 Å². The standard InChI is InChI=1S/C20H14BrN/c21-18-11-10-17-12-19(22-20(17)13-18)16-8-6-15(7-9-16)14-4-2-1-3-5-14/h1-13,22H. The van der Waals surface area contributed by atoms with Gasteiger partial charge in [0, 0.05) is 21.1 Å². The fourth-order valence-corrected chi connectivity index (χ4v) is 3.09. The molecule has 0 spiro atoms. The van der Waals surface area contributed by atoms with Crippen molar-refractivity contribution in [2.45, 2.75) is 0 Å². The second-order valence-corrected chi connectivity index (χ2v) is 6.27. The normalized spacial score (nSPS) is 11.0. The number of rotatable bonds is 2. The highest BCUT2D eigenvalue weighted by Crippen LogP contribution is 2.28. The Morgan fingerprint density at radius 2 is 1.32 bits per heavy atom. The van der Waals surface area contributed by atoms with Gasteiger partial charge in [-0.3, -0.25) is 0 Å². The van der Waals surface area contributed by atoms with Gasteiger partial charge in [0.1, 0.15) is 0 Å². The lowest BCUT2D eigenvalue weighted by Gasteiger charge is -2.03. The van der Waals surface area contributed by atoms with Crippen molar-refractivity contribution in [3.05, 3.63) is 83.3 Å². The van der Waals surface area contributed by atoms with Crippen molar-refractivity contribution in [3.8, 4) is 22.4 Å². The molecule has 0 saturated carbocycles. The van der Waals surface area contributed by atoms with E-state index in [0.717, 1.165) is 15.7 Å². The van der Waals surface area contributed by atoms with Crippen molar-refractivity contribution in [1.29, 1.82) is 0 Å². The smallest absolute Gasteiger partial charge is 0.0470 e. The van der Waals surface area contributed by atoms with Crippen LogP contribution in [0.5, 0.6) is 0 Å². The second kappa shape index (κ2) is 5.47. The van der Waals surface area contributed by atoms with Crippen LogP contribution in [0.25, 0.3) is 33.3 Å². The first-order chi connectivity index (χ1) is 10.8. The van der Waals surface area contributed by atoms with E-state index in [9.17, 15) is 0 Å². The summed E-state index contributed by atoms with van der Waals surface area (Å²) in [5.41, 5.74) is 5.98. The summed E-state index contributed by atoms with van der Waals surface area (Å²) in [7, 11) is 0. The van der Waals surface area contributed by atoms with Crippen LogP contribution in [-0.4, -0.2) is 4.98 Å². The van der Waals surface area contributed by atoms with Crippen LogP contribution in [0.2, 0.25) is 0 Å². The lowest BCUT2D eigenvalue weighted by atomic mass is 10.0. The number of hydrogen-bond donors (Lipinski definition) is 1. The van der Waals surface area contributed by atoms with Gasteiger partial charge in [-0.25, -0.2) is 0 Å². The third-order valence-electron chi connectivity index (χ3n) is 3.89. The summed E-state index contributed by atoms with van der Waals surface area (Å²) in [4.78, 5) is 3.48. The largest absolute Gasteiger partial charge is 0.354 e. The minimum absolute atomic E-state index is 1.09. The Morgan fingerprint density at radius 3 is 2.09 bits per heavy atom. The molecular formula is C20H14BrN. The average Bonchev–Trinajstić information content (AvgIpc) is 2.99. The third-order valence-corrected chi connectivity index (χ3v) is 4.38. The molecule has 0 bridgehead atoms. The van der Waals surface area contributed by atoms with Gasteiger partial charge in [0.25, 0.3) is 0 Å². The lowest BCUT2D eigenvalue weighted by molar-refractivity contribution is 1.45. The van der Waals surface area contributed by atoms with Crippen LogP contribution in [0.3, 0.4) is 0 Å². The highest BCUT2D eigenvalue weighted by Gasteiger charge is 2.04. The number of aromatic nitrogens is 1. The molecule has 4 rings (SSSR count). The fraction of sp³-hybridized carbons (Fsp3) is 0. The van der Waals surface area contributed by atoms with Crippen molar-refractivity contribution in [3.63, 3.8) is 0 Å². The Morgan fingerprint density at radius 1 is 0.636 bits per heavy atom. The first-order valence-corrected chi connectivity index (χ1v) is 8.03. The van der Waals surface area contributed by atoms with E-state index in [2.05, 4.69) is 93.7 Å². The van der Waals surface area contributed by atoms with Gasteiger partial charge in [0.15, 0.2) is 0 Å². The van der Waals surface area contributed by atoms with Crippen LogP contribution in [0.1, 0.15) is 0 Å². The number of benzene rings is 3. The van der Waals surface area contributed by atoms with Crippen LogP contribution >= 0.6 is 15.9 Å². The minimum atomic E-state index is 1.09. The predicted molar refractivity (Wildman–Crippen MR) is 96.9 cm³/mol. The molecule has 1 N–H and O–H groups in total. The van der Waals surface area contributed by atoms with Crippen LogP contribution in [-0.2, 0) is 0 Å². The van der Waals surface area contributed by atoms with Gasteiger partial charge in [-0.15, -0.1) is 0 Å². The molecule has 0 aliphatic heterocycles. The zero-order valence-corrected chi connectivity index (χ0v) is 13.5. The van der Waals surface area contributed by atoms with E-state index in [1.165, 1.54) is 22.1 Å². The summed E-state index contributed by atoms with van der Waals surface area (Å²) in [5.74, 6) is 0. The zero-order chi connectivity index (χ0) is 14.9. The van der Waals surface area contributed by atoms with Crippen LogP contribution in [0.4, 0.5) is 0 Å². The van der Waals surface area contributed by atoms with E-state index in [1.807, 2.05) is 6.07 Å². The molecule has 0 aliphatic carbocycles. The highest BCUT2D eigenvalue weighted by atomic mass is 79.9. The molecule has 2 heteroatoms. The first kappa shape index (κ1) is 13.4. The van der Waals surface area contributed by atoms with Gasteiger partial charge in [-0.2, -0.15) is 0 Å². The van der Waals surface area contributed by atoms with Gasteiger partial charge >= 0.3 is 0 Å². The van der Waals surface area contributed by atoms with Gasteiger partial charge in [-0.05, 0) is 34.9 Å². The summed E-state index contributed by atoms with van der Waals surface area (Å²) < 4.78 is 1.09. The van der Waals surface area contributed by atoms with Crippen molar-refractivity contribution >= 4 is 26.8 Å². The summed E-state index contributed by atoms with van der Waals surface area (Å²) in [5, 5.41) is 1.23. The Balaban J connectivity index is 1.73. The molecule has 0 amide bonds. The molecule has 22 heavy (non-hydrogen) atoms. The monoisotopic (exact) mass is 347 g/mol. The molecule has 0 saturated heterocycles. The first-order valence-electron chi connectivity index (χ1n) is 7.24. The summed E-state index contributed by atoms with van der Waals surface area (Å²) in [6.45, 7) is 0. The molecule has 1 aromatic heterocycles. The molecule has 4 aromatic rings. The number of H-pyrrole nitrogens is 1. The molecule has 0 fully saturated rings. The summed E-state index contributed by atoms with van der Waals surface area (Å²) >= 11 is 3.51.